The van der Waals surface area contributed by atoms with E-state index in [-0.39, 0.29) is 18.7 Å². The normalized spacial score (nSPS) is 9.85. The lowest BCUT2D eigenvalue weighted by molar-refractivity contribution is 0.204. The number of benzene rings is 1. The number of carbonyl (C=O) groups excluding carboxylic acids is 1. The quantitative estimate of drug-likeness (QED) is 0.825. The van der Waals surface area contributed by atoms with E-state index < -0.39 is 0 Å². The molecule has 4 nitrogen and oxygen atoms in total. The van der Waals surface area contributed by atoms with Crippen LogP contribution in [-0.4, -0.2) is 35.7 Å². The Hall–Kier alpha value is -1.99. The van der Waals surface area contributed by atoms with Gasteiger partial charge in [0.15, 0.2) is 0 Å². The van der Waals surface area contributed by atoms with E-state index in [4.69, 9.17) is 5.11 Å². The largest absolute Gasteiger partial charge is 0.395 e. The average Bonchev–Trinajstić information content (AvgIpc) is 2.40. The van der Waals surface area contributed by atoms with E-state index in [9.17, 15) is 4.79 Å². The van der Waals surface area contributed by atoms with Crippen LogP contribution in [0.1, 0.15) is 31.4 Å². The first kappa shape index (κ1) is 16.1. The van der Waals surface area contributed by atoms with Crippen molar-refractivity contribution < 1.29 is 9.90 Å². The monoisotopic (exact) mass is 274 g/mol. The first-order chi connectivity index (χ1) is 9.54. The van der Waals surface area contributed by atoms with Gasteiger partial charge in [-0.05, 0) is 25.5 Å². The number of hydrogen-bond acceptors (Lipinski definition) is 2. The zero-order valence-corrected chi connectivity index (χ0v) is 12.3. The summed E-state index contributed by atoms with van der Waals surface area (Å²) in [4.78, 5) is 13.5. The van der Waals surface area contributed by atoms with Gasteiger partial charge in [0.25, 0.3) is 0 Å². The summed E-state index contributed by atoms with van der Waals surface area (Å²) in [6.07, 6.45) is 0.456. The standard InChI is InChI=1S/C16H22N2O2/c1-13(2)17-16(20)18(3)12-15-10-5-4-8-14(15)9-6-7-11-19/h4-5,8,10,13,19H,7,11-12H2,1-3H3,(H,17,20). The van der Waals surface area contributed by atoms with Gasteiger partial charge >= 0.3 is 6.03 Å². The minimum Gasteiger partial charge on any atom is -0.395 e. The van der Waals surface area contributed by atoms with Crippen LogP contribution in [0.2, 0.25) is 0 Å². The summed E-state index contributed by atoms with van der Waals surface area (Å²) in [5.41, 5.74) is 1.89. The predicted molar refractivity (Wildman–Crippen MR) is 80.2 cm³/mol. The van der Waals surface area contributed by atoms with E-state index in [1.807, 2.05) is 38.1 Å². The minimum atomic E-state index is -0.0990. The van der Waals surface area contributed by atoms with Crippen LogP contribution in [-0.2, 0) is 6.54 Å². The van der Waals surface area contributed by atoms with Crippen molar-refractivity contribution in [2.24, 2.45) is 0 Å². The van der Waals surface area contributed by atoms with Crippen molar-refractivity contribution in [3.05, 3.63) is 35.4 Å². The van der Waals surface area contributed by atoms with Gasteiger partial charge in [-0.15, -0.1) is 0 Å². The number of aliphatic hydroxyl groups excluding tert-OH is 1. The highest BCUT2D eigenvalue weighted by Crippen LogP contribution is 2.10. The molecule has 108 valence electrons. The van der Waals surface area contributed by atoms with Crippen molar-refractivity contribution in [2.75, 3.05) is 13.7 Å². The Balaban J connectivity index is 2.77. The summed E-state index contributed by atoms with van der Waals surface area (Å²) in [7, 11) is 1.76. The second-order valence-electron chi connectivity index (χ2n) is 4.89. The molecule has 0 aromatic heterocycles. The zero-order chi connectivity index (χ0) is 15.0. The van der Waals surface area contributed by atoms with Gasteiger partial charge in [-0.3, -0.25) is 0 Å². The molecule has 0 atom stereocenters. The van der Waals surface area contributed by atoms with E-state index in [0.717, 1.165) is 11.1 Å². The Labute approximate surface area is 120 Å². The van der Waals surface area contributed by atoms with Crippen molar-refractivity contribution in [3.63, 3.8) is 0 Å². The molecule has 0 saturated heterocycles. The number of aliphatic hydroxyl groups is 1. The van der Waals surface area contributed by atoms with Crippen LogP contribution >= 0.6 is 0 Å². The summed E-state index contributed by atoms with van der Waals surface area (Å²) in [6.45, 7) is 4.43. The van der Waals surface area contributed by atoms with Crippen LogP contribution in [0.4, 0.5) is 4.79 Å². The SMILES string of the molecule is CC(C)NC(=O)N(C)Cc1ccccc1C#CCCO. The molecule has 0 radical (unpaired) electrons. The Bertz CT molecular complexity index is 501. The number of nitrogens with zero attached hydrogens (tertiary/aromatic N) is 1. The van der Waals surface area contributed by atoms with Crippen molar-refractivity contribution >= 4 is 6.03 Å². The second kappa shape index (κ2) is 8.23. The Morgan fingerprint density at radius 1 is 1.40 bits per heavy atom. The highest BCUT2D eigenvalue weighted by Gasteiger charge is 2.11. The lowest BCUT2D eigenvalue weighted by Crippen LogP contribution is -2.40. The number of urea groups is 1. The fourth-order valence-electron chi connectivity index (χ4n) is 1.68. The molecule has 0 bridgehead atoms. The second-order valence-corrected chi connectivity index (χ2v) is 4.89. The van der Waals surface area contributed by atoms with Gasteiger partial charge in [-0.1, -0.05) is 30.0 Å². The number of hydrogen-bond donors (Lipinski definition) is 2. The van der Waals surface area contributed by atoms with Crippen LogP contribution in [0.3, 0.4) is 0 Å². The molecule has 2 N–H and O–H groups in total. The van der Waals surface area contributed by atoms with E-state index in [0.29, 0.717) is 13.0 Å². The van der Waals surface area contributed by atoms with E-state index in [1.54, 1.807) is 11.9 Å². The molecule has 0 aliphatic heterocycles. The maximum Gasteiger partial charge on any atom is 0.317 e. The van der Waals surface area contributed by atoms with Gasteiger partial charge < -0.3 is 15.3 Å². The van der Waals surface area contributed by atoms with Crippen molar-refractivity contribution in [2.45, 2.75) is 32.9 Å². The molecule has 1 aromatic carbocycles. The Morgan fingerprint density at radius 3 is 2.75 bits per heavy atom. The van der Waals surface area contributed by atoms with Crippen molar-refractivity contribution in [3.8, 4) is 11.8 Å². The number of amides is 2. The number of carbonyl (C=O) groups is 1. The summed E-state index contributed by atoms with van der Waals surface area (Å²) < 4.78 is 0. The summed E-state index contributed by atoms with van der Waals surface area (Å²) in [5.74, 6) is 5.94. The number of nitrogens with one attached hydrogen (secondary N) is 1. The first-order valence-electron chi connectivity index (χ1n) is 6.74. The van der Waals surface area contributed by atoms with Crippen LogP contribution in [0.25, 0.3) is 0 Å². The van der Waals surface area contributed by atoms with Gasteiger partial charge in [0.2, 0.25) is 0 Å². The lowest BCUT2D eigenvalue weighted by Gasteiger charge is -2.20. The highest BCUT2D eigenvalue weighted by molar-refractivity contribution is 5.74. The average molecular weight is 274 g/mol. The molecule has 0 unspecified atom stereocenters. The van der Waals surface area contributed by atoms with E-state index >= 15 is 0 Å². The molecule has 1 rings (SSSR count). The summed E-state index contributed by atoms with van der Waals surface area (Å²) in [5, 5.41) is 11.6. The fraction of sp³-hybridized carbons (Fsp3) is 0.438. The smallest absolute Gasteiger partial charge is 0.317 e. The predicted octanol–water partition coefficient (Wildman–Crippen LogP) is 1.97. The molecule has 0 aliphatic carbocycles. The van der Waals surface area contributed by atoms with Crippen LogP contribution in [0, 0.1) is 11.8 Å². The van der Waals surface area contributed by atoms with Crippen LogP contribution in [0.5, 0.6) is 0 Å². The molecule has 0 aliphatic rings. The third-order valence-corrected chi connectivity index (χ3v) is 2.64. The lowest BCUT2D eigenvalue weighted by atomic mass is 10.1. The molecule has 2 amide bonds. The molecular weight excluding hydrogens is 252 g/mol. The van der Waals surface area contributed by atoms with Crippen LogP contribution in [0.15, 0.2) is 24.3 Å². The zero-order valence-electron chi connectivity index (χ0n) is 12.3. The maximum absolute atomic E-state index is 11.9. The minimum absolute atomic E-state index is 0.0614. The highest BCUT2D eigenvalue weighted by atomic mass is 16.2. The van der Waals surface area contributed by atoms with Gasteiger partial charge in [-0.25, -0.2) is 4.79 Å². The Kier molecular flexibility index (Phi) is 6.61. The molecular formula is C16H22N2O2. The van der Waals surface area contributed by atoms with Gasteiger partial charge in [0.05, 0.1) is 6.61 Å². The molecule has 4 heteroatoms. The summed E-state index contributed by atoms with van der Waals surface area (Å²) in [6, 6.07) is 7.75. The first-order valence-corrected chi connectivity index (χ1v) is 6.74. The number of rotatable bonds is 4. The molecule has 1 aromatic rings. The third kappa shape index (κ3) is 5.33. The van der Waals surface area contributed by atoms with E-state index in [2.05, 4.69) is 17.2 Å². The van der Waals surface area contributed by atoms with E-state index in [1.165, 1.54) is 0 Å². The molecule has 0 heterocycles. The summed E-state index contributed by atoms with van der Waals surface area (Å²) >= 11 is 0. The molecule has 0 saturated carbocycles. The maximum atomic E-state index is 11.9. The molecule has 20 heavy (non-hydrogen) atoms. The molecule has 0 spiro atoms. The third-order valence-electron chi connectivity index (χ3n) is 2.64. The fourth-order valence-corrected chi connectivity index (χ4v) is 1.68. The van der Waals surface area contributed by atoms with Crippen LogP contribution < -0.4 is 5.32 Å². The van der Waals surface area contributed by atoms with Gasteiger partial charge in [0, 0.05) is 31.6 Å². The van der Waals surface area contributed by atoms with Gasteiger partial charge in [0.1, 0.15) is 0 Å². The molecule has 0 fully saturated rings. The van der Waals surface area contributed by atoms with Crippen molar-refractivity contribution in [1.82, 2.24) is 10.2 Å². The van der Waals surface area contributed by atoms with Gasteiger partial charge in [-0.2, -0.15) is 0 Å². The Morgan fingerprint density at radius 2 is 2.10 bits per heavy atom. The topological polar surface area (TPSA) is 52.6 Å². The van der Waals surface area contributed by atoms with Crippen molar-refractivity contribution in [1.29, 1.82) is 0 Å².